The molecule has 2 rings (SSSR count). The van der Waals surface area contributed by atoms with Crippen LogP contribution in [0.4, 0.5) is 0 Å². The standard InChI is InChI=1S/C9H7BrN2O3/c10-4-15-5-1-2-7-6(3-5)8(13)12-9(14)11-7/h1-3H,4H2,(H2,11,12,13,14). The van der Waals surface area contributed by atoms with Crippen LogP contribution in [0.3, 0.4) is 0 Å². The molecule has 15 heavy (non-hydrogen) atoms. The van der Waals surface area contributed by atoms with Gasteiger partial charge >= 0.3 is 5.69 Å². The molecule has 1 heterocycles. The summed E-state index contributed by atoms with van der Waals surface area (Å²) in [5, 5.41) is 0.396. The molecule has 0 aliphatic heterocycles. The van der Waals surface area contributed by atoms with Crippen molar-refractivity contribution in [2.75, 3.05) is 5.52 Å². The van der Waals surface area contributed by atoms with Gasteiger partial charge in [0, 0.05) is 0 Å². The fourth-order valence-electron chi connectivity index (χ4n) is 1.30. The number of rotatable bonds is 2. The molecule has 0 fully saturated rings. The van der Waals surface area contributed by atoms with Crippen molar-refractivity contribution in [3.63, 3.8) is 0 Å². The van der Waals surface area contributed by atoms with Crippen LogP contribution >= 0.6 is 15.9 Å². The summed E-state index contributed by atoms with van der Waals surface area (Å²) in [6, 6.07) is 4.88. The summed E-state index contributed by atoms with van der Waals surface area (Å²) in [7, 11) is 0. The van der Waals surface area contributed by atoms with E-state index in [1.54, 1.807) is 18.2 Å². The number of H-pyrrole nitrogens is 2. The fourth-order valence-corrected chi connectivity index (χ4v) is 1.56. The minimum Gasteiger partial charge on any atom is -0.482 e. The number of halogens is 1. The van der Waals surface area contributed by atoms with Gasteiger partial charge in [-0.3, -0.25) is 9.78 Å². The molecule has 0 aliphatic rings. The van der Waals surface area contributed by atoms with Crippen molar-refractivity contribution < 1.29 is 4.74 Å². The zero-order valence-corrected chi connectivity index (χ0v) is 9.13. The molecule has 0 atom stereocenters. The highest BCUT2D eigenvalue weighted by Gasteiger charge is 2.02. The van der Waals surface area contributed by atoms with Gasteiger partial charge in [0.2, 0.25) is 0 Å². The molecule has 0 aliphatic carbocycles. The first kappa shape index (κ1) is 9.97. The van der Waals surface area contributed by atoms with Crippen LogP contribution in [0, 0.1) is 0 Å². The summed E-state index contributed by atoms with van der Waals surface area (Å²) < 4.78 is 5.17. The van der Waals surface area contributed by atoms with Crippen molar-refractivity contribution in [1.82, 2.24) is 9.97 Å². The van der Waals surface area contributed by atoms with Crippen molar-refractivity contribution in [2.24, 2.45) is 0 Å². The highest BCUT2D eigenvalue weighted by Crippen LogP contribution is 2.15. The molecule has 0 unspecified atom stereocenters. The zero-order valence-electron chi connectivity index (χ0n) is 7.54. The Kier molecular flexibility index (Phi) is 2.59. The van der Waals surface area contributed by atoms with Crippen LogP contribution in [0.1, 0.15) is 0 Å². The predicted molar refractivity (Wildman–Crippen MR) is 59.6 cm³/mol. The number of hydrogen-bond donors (Lipinski definition) is 2. The smallest absolute Gasteiger partial charge is 0.326 e. The van der Waals surface area contributed by atoms with E-state index in [4.69, 9.17) is 4.74 Å². The van der Waals surface area contributed by atoms with Gasteiger partial charge in [-0.1, -0.05) is 0 Å². The van der Waals surface area contributed by atoms with E-state index >= 15 is 0 Å². The molecular formula is C9H7BrN2O3. The minimum atomic E-state index is -0.512. The number of nitrogens with one attached hydrogen (secondary N) is 2. The van der Waals surface area contributed by atoms with Gasteiger partial charge in [-0.25, -0.2) is 4.79 Å². The average Bonchev–Trinajstić information content (AvgIpc) is 2.19. The second-order valence-corrected chi connectivity index (χ2v) is 3.33. The molecule has 0 saturated carbocycles. The predicted octanol–water partition coefficient (Wildman–Crippen LogP) is 0.948. The summed E-state index contributed by atoms with van der Waals surface area (Å²) in [6.07, 6.45) is 0. The third-order valence-electron chi connectivity index (χ3n) is 1.93. The van der Waals surface area contributed by atoms with Gasteiger partial charge in [0.1, 0.15) is 11.3 Å². The van der Waals surface area contributed by atoms with Gasteiger partial charge in [0.25, 0.3) is 5.56 Å². The molecule has 0 spiro atoms. The minimum absolute atomic E-state index is 0.347. The van der Waals surface area contributed by atoms with Gasteiger partial charge in [-0.15, -0.1) is 0 Å². The van der Waals surface area contributed by atoms with Crippen molar-refractivity contribution >= 4 is 26.8 Å². The maximum atomic E-state index is 11.4. The lowest BCUT2D eigenvalue weighted by atomic mass is 10.2. The van der Waals surface area contributed by atoms with Crippen molar-refractivity contribution in [3.8, 4) is 5.75 Å². The van der Waals surface area contributed by atoms with Gasteiger partial charge in [-0.05, 0) is 34.1 Å². The second-order valence-electron chi connectivity index (χ2n) is 2.87. The fraction of sp³-hybridized carbons (Fsp3) is 0.111. The van der Waals surface area contributed by atoms with E-state index in [-0.39, 0.29) is 0 Å². The van der Waals surface area contributed by atoms with Crippen LogP contribution in [-0.2, 0) is 0 Å². The SMILES string of the molecule is O=c1[nH]c(=O)c2cc(OCBr)ccc2[nH]1. The van der Waals surface area contributed by atoms with Crippen molar-refractivity contribution in [2.45, 2.75) is 0 Å². The Bertz CT molecular complexity index is 602. The average molecular weight is 271 g/mol. The van der Waals surface area contributed by atoms with E-state index in [0.29, 0.717) is 22.2 Å². The number of fused-ring (bicyclic) bond motifs is 1. The first-order valence-corrected chi connectivity index (χ1v) is 5.28. The largest absolute Gasteiger partial charge is 0.482 e. The van der Waals surface area contributed by atoms with Crippen molar-refractivity contribution in [1.29, 1.82) is 0 Å². The van der Waals surface area contributed by atoms with E-state index in [0.717, 1.165) is 0 Å². The van der Waals surface area contributed by atoms with Crippen molar-refractivity contribution in [3.05, 3.63) is 39.0 Å². The zero-order chi connectivity index (χ0) is 10.8. The highest BCUT2D eigenvalue weighted by molar-refractivity contribution is 9.09. The number of benzene rings is 1. The molecule has 0 saturated heterocycles. The number of hydrogen-bond acceptors (Lipinski definition) is 3. The normalized spacial score (nSPS) is 10.5. The van der Waals surface area contributed by atoms with Crippen LogP contribution in [0.25, 0.3) is 10.9 Å². The number of aromatic amines is 2. The summed E-state index contributed by atoms with van der Waals surface area (Å²) in [6.45, 7) is 0. The number of ether oxygens (including phenoxy) is 1. The molecule has 78 valence electrons. The van der Waals surface area contributed by atoms with Crippen LogP contribution in [-0.4, -0.2) is 15.5 Å². The summed E-state index contributed by atoms with van der Waals surface area (Å²) in [4.78, 5) is 27.0. The third kappa shape index (κ3) is 1.94. The monoisotopic (exact) mass is 270 g/mol. The molecule has 5 nitrogen and oxygen atoms in total. The summed E-state index contributed by atoms with van der Waals surface area (Å²) >= 11 is 3.11. The molecule has 6 heteroatoms. The first-order chi connectivity index (χ1) is 7.20. The Morgan fingerprint density at radius 3 is 2.80 bits per heavy atom. The molecule has 2 N–H and O–H groups in total. The molecule has 0 amide bonds. The Morgan fingerprint density at radius 2 is 2.07 bits per heavy atom. The number of alkyl halides is 1. The molecular weight excluding hydrogens is 264 g/mol. The highest BCUT2D eigenvalue weighted by atomic mass is 79.9. The van der Waals surface area contributed by atoms with E-state index in [2.05, 4.69) is 25.9 Å². The van der Waals surface area contributed by atoms with Crippen LogP contribution < -0.4 is 16.0 Å². The molecule has 2 aromatic rings. The van der Waals surface area contributed by atoms with Crippen LogP contribution in [0.15, 0.2) is 27.8 Å². The van der Waals surface area contributed by atoms with E-state index < -0.39 is 11.2 Å². The Hall–Kier alpha value is -1.56. The van der Waals surface area contributed by atoms with Crippen LogP contribution in [0.2, 0.25) is 0 Å². The van der Waals surface area contributed by atoms with Gasteiger partial charge in [-0.2, -0.15) is 0 Å². The van der Waals surface area contributed by atoms with E-state index in [1.165, 1.54) is 0 Å². The Labute approximate surface area is 92.2 Å². The van der Waals surface area contributed by atoms with Gasteiger partial charge in [0.05, 0.1) is 10.9 Å². The lowest BCUT2D eigenvalue weighted by molar-refractivity contribution is 0.398. The quantitative estimate of drug-likeness (QED) is 0.798. The second kappa shape index (κ2) is 3.90. The lowest BCUT2D eigenvalue weighted by Gasteiger charge is -2.02. The Balaban J connectivity index is 2.71. The topological polar surface area (TPSA) is 74.9 Å². The molecule has 0 bridgehead atoms. The maximum Gasteiger partial charge on any atom is 0.326 e. The lowest BCUT2D eigenvalue weighted by Crippen LogP contribution is -2.21. The van der Waals surface area contributed by atoms with E-state index in [1.807, 2.05) is 0 Å². The summed E-state index contributed by atoms with van der Waals surface area (Å²) in [5.41, 5.74) is -0.0964. The third-order valence-corrected chi connectivity index (χ3v) is 2.16. The molecule has 1 aromatic heterocycles. The molecule has 0 radical (unpaired) electrons. The van der Waals surface area contributed by atoms with Crippen LogP contribution in [0.5, 0.6) is 5.75 Å². The number of aromatic nitrogens is 2. The van der Waals surface area contributed by atoms with E-state index in [9.17, 15) is 9.59 Å². The van der Waals surface area contributed by atoms with Gasteiger partial charge in [0.15, 0.2) is 0 Å². The first-order valence-electron chi connectivity index (χ1n) is 4.16. The Morgan fingerprint density at radius 1 is 1.27 bits per heavy atom. The molecule has 1 aromatic carbocycles. The summed E-state index contributed by atoms with van der Waals surface area (Å²) in [5.74, 6) is 0.567. The van der Waals surface area contributed by atoms with Gasteiger partial charge < -0.3 is 9.72 Å². The maximum absolute atomic E-state index is 11.4.